The van der Waals surface area contributed by atoms with E-state index in [0.717, 1.165) is 43.0 Å². The Morgan fingerprint density at radius 2 is 1.56 bits per heavy atom. The number of hydrogen-bond donors (Lipinski definition) is 1. The zero-order valence-corrected chi connectivity index (χ0v) is 25.5. The molecule has 6 heteroatoms. The Labute approximate surface area is 237 Å². The van der Waals surface area contributed by atoms with Crippen molar-refractivity contribution in [1.29, 1.82) is 0 Å². The number of aliphatic hydroxyl groups excluding tert-OH is 1. The monoisotopic (exact) mass is 554 g/mol. The largest absolute Gasteiger partial charge is 0.409 e. The van der Waals surface area contributed by atoms with Crippen LogP contribution in [-0.4, -0.2) is 51.1 Å². The van der Waals surface area contributed by atoms with E-state index in [4.69, 9.17) is 18.6 Å². The molecule has 216 valence electrons. The molecule has 1 aliphatic heterocycles. The summed E-state index contributed by atoms with van der Waals surface area (Å²) in [4.78, 5) is 0. The lowest BCUT2D eigenvalue weighted by molar-refractivity contribution is -0.182. The smallest absolute Gasteiger partial charge is 0.192 e. The highest BCUT2D eigenvalue weighted by Crippen LogP contribution is 2.35. The minimum atomic E-state index is -1.90. The summed E-state index contributed by atoms with van der Waals surface area (Å²) in [5.41, 5.74) is 3.33. The molecule has 0 aromatic heterocycles. The Hall–Kier alpha value is -1.80. The fourth-order valence-electron chi connectivity index (χ4n) is 5.33. The zero-order valence-electron chi connectivity index (χ0n) is 24.5. The van der Waals surface area contributed by atoms with E-state index in [0.29, 0.717) is 26.2 Å². The molecule has 0 radical (unpaired) electrons. The van der Waals surface area contributed by atoms with Gasteiger partial charge < -0.3 is 23.7 Å². The van der Waals surface area contributed by atoms with Crippen LogP contribution in [0.2, 0.25) is 18.1 Å². The molecule has 2 aromatic carbocycles. The second-order valence-electron chi connectivity index (χ2n) is 10.8. The molecule has 39 heavy (non-hydrogen) atoms. The summed E-state index contributed by atoms with van der Waals surface area (Å²) in [5, 5.41) is 9.62. The van der Waals surface area contributed by atoms with E-state index in [1.54, 1.807) is 0 Å². The Balaban J connectivity index is 1.72. The van der Waals surface area contributed by atoms with Crippen molar-refractivity contribution in [2.24, 2.45) is 0 Å². The van der Waals surface area contributed by atoms with E-state index < -0.39 is 8.32 Å². The van der Waals surface area contributed by atoms with E-state index in [2.05, 4.69) is 63.2 Å². The van der Waals surface area contributed by atoms with Crippen LogP contribution in [-0.2, 0) is 31.9 Å². The fourth-order valence-corrected chi connectivity index (χ4v) is 8.21. The standard InChI is InChI=1S/C33H50O5Si/c1-5-39(6-2,7-3)38-33-31(21-20-27(4)24-34)37-30(19-14-22-35-25-28-15-10-8-11-16-28)23-32(33)36-26-29-17-12-9-13-18-29/h8-13,15-18,20,30-34H,5-7,14,19,21-26H2,1-4H3/b27-20+/t30-,31-,32+,33-/m1/s1. The van der Waals surface area contributed by atoms with Crippen LogP contribution in [0.25, 0.3) is 0 Å². The normalized spacial score (nSPS) is 22.2. The summed E-state index contributed by atoms with van der Waals surface area (Å²) in [7, 11) is -1.90. The number of hydrogen-bond acceptors (Lipinski definition) is 5. The maximum absolute atomic E-state index is 9.62. The highest BCUT2D eigenvalue weighted by atomic mass is 28.4. The molecule has 0 amide bonds. The molecule has 1 N–H and O–H groups in total. The van der Waals surface area contributed by atoms with Crippen LogP contribution in [0.15, 0.2) is 72.3 Å². The van der Waals surface area contributed by atoms with Crippen molar-refractivity contribution in [1.82, 2.24) is 0 Å². The van der Waals surface area contributed by atoms with Gasteiger partial charge in [0.05, 0.1) is 44.2 Å². The summed E-state index contributed by atoms with van der Waals surface area (Å²) >= 11 is 0. The third-order valence-electron chi connectivity index (χ3n) is 8.10. The lowest BCUT2D eigenvalue weighted by Gasteiger charge is -2.45. The van der Waals surface area contributed by atoms with Crippen molar-refractivity contribution in [2.75, 3.05) is 13.2 Å². The van der Waals surface area contributed by atoms with Gasteiger partial charge in [-0.05, 0) is 55.4 Å². The Kier molecular flexibility index (Phi) is 13.9. The van der Waals surface area contributed by atoms with E-state index in [-0.39, 0.29) is 31.0 Å². The summed E-state index contributed by atoms with van der Waals surface area (Å²) < 4.78 is 26.5. The molecule has 5 nitrogen and oxygen atoms in total. The molecule has 1 heterocycles. The third-order valence-corrected chi connectivity index (χ3v) is 12.7. The van der Waals surface area contributed by atoms with Crippen molar-refractivity contribution < 1.29 is 23.7 Å². The van der Waals surface area contributed by atoms with Crippen molar-refractivity contribution in [2.45, 2.75) is 109 Å². The first-order valence-corrected chi connectivity index (χ1v) is 17.4. The molecule has 0 aliphatic carbocycles. The van der Waals surface area contributed by atoms with Crippen molar-refractivity contribution >= 4 is 8.32 Å². The van der Waals surface area contributed by atoms with Crippen molar-refractivity contribution in [3.63, 3.8) is 0 Å². The molecule has 1 fully saturated rings. The van der Waals surface area contributed by atoms with Gasteiger partial charge in [-0.2, -0.15) is 0 Å². The maximum atomic E-state index is 9.62. The predicted molar refractivity (Wildman–Crippen MR) is 161 cm³/mol. The first-order valence-electron chi connectivity index (χ1n) is 14.9. The first-order chi connectivity index (χ1) is 19.0. The van der Waals surface area contributed by atoms with Crippen LogP contribution in [0, 0.1) is 0 Å². The summed E-state index contributed by atoms with van der Waals surface area (Å²) in [6, 6.07) is 23.9. The molecule has 3 rings (SSSR count). The van der Waals surface area contributed by atoms with E-state index in [1.807, 2.05) is 31.2 Å². The molecule has 0 spiro atoms. The van der Waals surface area contributed by atoms with Gasteiger partial charge in [-0.1, -0.05) is 93.1 Å². The molecular weight excluding hydrogens is 504 g/mol. The van der Waals surface area contributed by atoms with Gasteiger partial charge in [0.1, 0.15) is 0 Å². The minimum absolute atomic E-state index is 0.0430. The highest BCUT2D eigenvalue weighted by Gasteiger charge is 2.44. The quantitative estimate of drug-likeness (QED) is 0.125. The summed E-state index contributed by atoms with van der Waals surface area (Å²) in [5.74, 6) is 0. The third kappa shape index (κ3) is 10.3. The summed E-state index contributed by atoms with van der Waals surface area (Å²) in [6.45, 7) is 10.7. The van der Waals surface area contributed by atoms with Gasteiger partial charge in [-0.25, -0.2) is 0 Å². The second kappa shape index (κ2) is 17.1. The maximum Gasteiger partial charge on any atom is 0.192 e. The van der Waals surface area contributed by atoms with Gasteiger partial charge in [0.25, 0.3) is 0 Å². The van der Waals surface area contributed by atoms with E-state index in [9.17, 15) is 5.11 Å². The topological polar surface area (TPSA) is 57.2 Å². The van der Waals surface area contributed by atoms with Crippen LogP contribution < -0.4 is 0 Å². The molecule has 0 bridgehead atoms. The Bertz CT molecular complexity index is 939. The average Bonchev–Trinajstić information content (AvgIpc) is 2.99. The Morgan fingerprint density at radius 3 is 2.15 bits per heavy atom. The molecule has 1 saturated heterocycles. The van der Waals surface area contributed by atoms with Gasteiger partial charge in [-0.15, -0.1) is 0 Å². The molecule has 4 atom stereocenters. The van der Waals surface area contributed by atoms with Crippen LogP contribution in [0.5, 0.6) is 0 Å². The molecule has 2 aromatic rings. The van der Waals surface area contributed by atoms with Gasteiger partial charge >= 0.3 is 0 Å². The van der Waals surface area contributed by atoms with Crippen LogP contribution in [0.4, 0.5) is 0 Å². The number of rotatable bonds is 17. The molecular formula is C33H50O5Si. The van der Waals surface area contributed by atoms with Gasteiger partial charge in [0, 0.05) is 13.0 Å². The number of benzene rings is 2. The van der Waals surface area contributed by atoms with Gasteiger partial charge in [0.2, 0.25) is 0 Å². The fraction of sp³-hybridized carbons (Fsp3) is 0.576. The first kappa shape index (κ1) is 31.7. The zero-order chi connectivity index (χ0) is 27.9. The second-order valence-corrected chi connectivity index (χ2v) is 15.5. The number of ether oxygens (including phenoxy) is 3. The van der Waals surface area contributed by atoms with E-state index in [1.165, 1.54) is 11.1 Å². The minimum Gasteiger partial charge on any atom is -0.409 e. The highest BCUT2D eigenvalue weighted by molar-refractivity contribution is 6.73. The summed E-state index contributed by atoms with van der Waals surface area (Å²) in [6.07, 6.45) is 5.31. The van der Waals surface area contributed by atoms with Crippen molar-refractivity contribution in [3.05, 3.63) is 83.4 Å². The van der Waals surface area contributed by atoms with Crippen LogP contribution >= 0.6 is 0 Å². The lowest BCUT2D eigenvalue weighted by atomic mass is 9.93. The van der Waals surface area contributed by atoms with Crippen molar-refractivity contribution in [3.8, 4) is 0 Å². The van der Waals surface area contributed by atoms with Gasteiger partial charge in [0.15, 0.2) is 8.32 Å². The predicted octanol–water partition coefficient (Wildman–Crippen LogP) is 7.45. The Morgan fingerprint density at radius 1 is 0.949 bits per heavy atom. The van der Waals surface area contributed by atoms with Crippen LogP contribution in [0.3, 0.4) is 0 Å². The van der Waals surface area contributed by atoms with E-state index >= 15 is 0 Å². The van der Waals surface area contributed by atoms with Crippen LogP contribution in [0.1, 0.15) is 64.5 Å². The lowest BCUT2D eigenvalue weighted by Crippen LogP contribution is -2.55. The number of aliphatic hydroxyl groups is 1. The SMILES string of the molecule is CC[Si](CC)(CC)O[C@H]1[C@@H](OCc2ccccc2)C[C@@H](CCCOCc2ccccc2)O[C@@H]1C/C=C(\C)CO. The molecule has 0 saturated carbocycles. The molecule has 0 unspecified atom stereocenters. The molecule has 1 aliphatic rings. The average molecular weight is 555 g/mol. The van der Waals surface area contributed by atoms with Gasteiger partial charge in [-0.3, -0.25) is 0 Å².